The summed E-state index contributed by atoms with van der Waals surface area (Å²) in [6.45, 7) is 5.96. The van der Waals surface area contributed by atoms with E-state index < -0.39 is 0 Å². The Balaban J connectivity index is 1.83. The smallest absolute Gasteiger partial charge is 0.246 e. The van der Waals surface area contributed by atoms with Gasteiger partial charge in [0.1, 0.15) is 18.7 Å². The molecule has 3 rings (SSSR count). The van der Waals surface area contributed by atoms with Crippen molar-refractivity contribution in [3.05, 3.63) is 42.9 Å². The Kier molecular flexibility index (Phi) is 4.69. The molecule has 7 heteroatoms. The summed E-state index contributed by atoms with van der Waals surface area (Å²) in [5.41, 5.74) is 1.42. The second kappa shape index (κ2) is 7.08. The van der Waals surface area contributed by atoms with Gasteiger partial charge in [-0.05, 0) is 26.0 Å². The predicted octanol–water partition coefficient (Wildman–Crippen LogP) is 2.31. The van der Waals surface area contributed by atoms with Crippen molar-refractivity contribution in [2.45, 2.75) is 20.4 Å². The van der Waals surface area contributed by atoms with Crippen LogP contribution in [0.2, 0.25) is 0 Å². The molecule has 0 aliphatic rings. The maximum Gasteiger partial charge on any atom is 0.246 e. The van der Waals surface area contributed by atoms with Crippen LogP contribution in [0.15, 0.2) is 42.9 Å². The molecular formula is C17H20N6O. The van der Waals surface area contributed by atoms with Crippen LogP contribution < -0.4 is 10.2 Å². The van der Waals surface area contributed by atoms with Crippen LogP contribution in [-0.2, 0) is 11.3 Å². The fourth-order valence-electron chi connectivity index (χ4n) is 2.63. The number of aromatic nitrogens is 4. The number of fused-ring (bicyclic) bond motifs is 1. The van der Waals surface area contributed by atoms with Crippen LogP contribution in [0, 0.1) is 0 Å². The van der Waals surface area contributed by atoms with Gasteiger partial charge in [-0.1, -0.05) is 18.2 Å². The highest BCUT2D eigenvalue weighted by molar-refractivity contribution is 5.92. The second-order valence-corrected chi connectivity index (χ2v) is 5.32. The number of hydrogen-bond acceptors (Lipinski definition) is 5. The van der Waals surface area contributed by atoms with E-state index in [1.165, 1.54) is 6.33 Å². The van der Waals surface area contributed by atoms with Crippen molar-refractivity contribution >= 4 is 28.4 Å². The van der Waals surface area contributed by atoms with Gasteiger partial charge in [0.05, 0.1) is 11.6 Å². The largest absolute Gasteiger partial charge is 0.356 e. The average Bonchev–Trinajstić information content (AvgIpc) is 3.00. The number of anilines is 2. The van der Waals surface area contributed by atoms with Crippen LogP contribution in [0.4, 0.5) is 11.5 Å². The predicted molar refractivity (Wildman–Crippen MR) is 94.0 cm³/mol. The molecule has 124 valence electrons. The van der Waals surface area contributed by atoms with Gasteiger partial charge in [-0.25, -0.2) is 14.6 Å². The number of benzene rings is 1. The molecule has 24 heavy (non-hydrogen) atoms. The van der Waals surface area contributed by atoms with Gasteiger partial charge in [-0.2, -0.15) is 5.10 Å². The molecule has 0 saturated heterocycles. The van der Waals surface area contributed by atoms with E-state index in [9.17, 15) is 4.79 Å². The first-order chi connectivity index (χ1) is 11.7. The van der Waals surface area contributed by atoms with Crippen LogP contribution in [-0.4, -0.2) is 38.7 Å². The molecule has 0 fully saturated rings. The van der Waals surface area contributed by atoms with E-state index in [2.05, 4.69) is 39.1 Å². The molecule has 0 radical (unpaired) electrons. The van der Waals surface area contributed by atoms with Crippen LogP contribution >= 0.6 is 0 Å². The lowest BCUT2D eigenvalue weighted by atomic mass is 10.3. The third-order valence-electron chi connectivity index (χ3n) is 3.83. The molecule has 7 nitrogen and oxygen atoms in total. The number of hydrogen-bond donors (Lipinski definition) is 1. The molecule has 3 aromatic rings. The summed E-state index contributed by atoms with van der Waals surface area (Å²) in [5.74, 6) is 0.703. The lowest BCUT2D eigenvalue weighted by molar-refractivity contribution is -0.116. The number of nitrogens with one attached hydrogen (secondary N) is 1. The Labute approximate surface area is 140 Å². The van der Waals surface area contributed by atoms with Gasteiger partial charge in [0, 0.05) is 18.8 Å². The maximum absolute atomic E-state index is 12.2. The fraction of sp³-hybridized carbons (Fsp3) is 0.294. The van der Waals surface area contributed by atoms with Crippen molar-refractivity contribution in [2.75, 3.05) is 23.3 Å². The Hall–Kier alpha value is -2.96. The van der Waals surface area contributed by atoms with Crippen LogP contribution in [0.25, 0.3) is 11.0 Å². The van der Waals surface area contributed by atoms with Gasteiger partial charge in [-0.3, -0.25) is 4.79 Å². The quantitative estimate of drug-likeness (QED) is 0.753. The molecule has 0 bridgehead atoms. The topological polar surface area (TPSA) is 75.9 Å². The number of para-hydroxylation sites is 1. The van der Waals surface area contributed by atoms with Crippen molar-refractivity contribution in [3.8, 4) is 0 Å². The van der Waals surface area contributed by atoms with Gasteiger partial charge < -0.3 is 10.2 Å². The molecule has 0 spiro atoms. The highest BCUT2D eigenvalue weighted by atomic mass is 16.2. The van der Waals surface area contributed by atoms with E-state index in [0.29, 0.717) is 5.65 Å². The molecule has 0 aliphatic heterocycles. The molecule has 0 unspecified atom stereocenters. The molecule has 1 amide bonds. The van der Waals surface area contributed by atoms with E-state index in [1.54, 1.807) is 10.9 Å². The van der Waals surface area contributed by atoms with Gasteiger partial charge in [-0.15, -0.1) is 0 Å². The Morgan fingerprint density at radius 2 is 1.92 bits per heavy atom. The summed E-state index contributed by atoms with van der Waals surface area (Å²) in [5, 5.41) is 8.02. The van der Waals surface area contributed by atoms with E-state index in [-0.39, 0.29) is 12.5 Å². The van der Waals surface area contributed by atoms with Crippen LogP contribution in [0.1, 0.15) is 13.8 Å². The third-order valence-corrected chi connectivity index (χ3v) is 3.83. The lowest BCUT2D eigenvalue weighted by Gasteiger charge is -2.19. The standard InChI is InChI=1S/C17H20N6O/c1-3-22(4-2)16-14-10-20-23(17(14)19-12-18-16)11-15(24)21-13-8-6-5-7-9-13/h5-10,12H,3-4,11H2,1-2H3,(H,21,24). The normalized spacial score (nSPS) is 10.8. The van der Waals surface area contributed by atoms with Crippen LogP contribution in [0.3, 0.4) is 0 Å². The van der Waals surface area contributed by atoms with Crippen LogP contribution in [0.5, 0.6) is 0 Å². The summed E-state index contributed by atoms with van der Waals surface area (Å²) in [7, 11) is 0. The van der Waals surface area contributed by atoms with E-state index in [1.807, 2.05) is 30.3 Å². The van der Waals surface area contributed by atoms with Gasteiger partial charge in [0.15, 0.2) is 5.65 Å². The first-order valence-corrected chi connectivity index (χ1v) is 7.99. The fourth-order valence-corrected chi connectivity index (χ4v) is 2.63. The lowest BCUT2D eigenvalue weighted by Crippen LogP contribution is -2.23. The molecule has 0 aliphatic carbocycles. The van der Waals surface area contributed by atoms with Crippen molar-refractivity contribution in [1.82, 2.24) is 19.7 Å². The minimum Gasteiger partial charge on any atom is -0.356 e. The monoisotopic (exact) mass is 324 g/mol. The van der Waals surface area contributed by atoms with Gasteiger partial charge in [0.2, 0.25) is 5.91 Å². The first-order valence-electron chi connectivity index (χ1n) is 7.99. The molecule has 2 aromatic heterocycles. The first kappa shape index (κ1) is 15.9. The van der Waals surface area contributed by atoms with E-state index in [4.69, 9.17) is 0 Å². The van der Waals surface area contributed by atoms with E-state index >= 15 is 0 Å². The third kappa shape index (κ3) is 3.19. The van der Waals surface area contributed by atoms with Crippen molar-refractivity contribution in [1.29, 1.82) is 0 Å². The van der Waals surface area contributed by atoms with Crippen molar-refractivity contribution in [3.63, 3.8) is 0 Å². The maximum atomic E-state index is 12.2. The van der Waals surface area contributed by atoms with Gasteiger partial charge in [0.25, 0.3) is 0 Å². The molecule has 2 heterocycles. The zero-order chi connectivity index (χ0) is 16.9. The molecular weight excluding hydrogens is 304 g/mol. The zero-order valence-corrected chi connectivity index (χ0v) is 13.8. The summed E-state index contributed by atoms with van der Waals surface area (Å²) < 4.78 is 1.60. The number of rotatable bonds is 6. The molecule has 0 saturated carbocycles. The molecule has 1 N–H and O–H groups in total. The minimum atomic E-state index is -0.144. The van der Waals surface area contributed by atoms with Gasteiger partial charge >= 0.3 is 0 Å². The summed E-state index contributed by atoms with van der Waals surface area (Å²) in [6.07, 6.45) is 3.24. The average molecular weight is 324 g/mol. The summed E-state index contributed by atoms with van der Waals surface area (Å²) >= 11 is 0. The molecule has 0 atom stereocenters. The summed E-state index contributed by atoms with van der Waals surface area (Å²) in [6, 6.07) is 9.35. The Bertz CT molecular complexity index is 825. The second-order valence-electron chi connectivity index (χ2n) is 5.32. The highest BCUT2D eigenvalue weighted by Crippen LogP contribution is 2.22. The van der Waals surface area contributed by atoms with E-state index in [0.717, 1.165) is 30.0 Å². The van der Waals surface area contributed by atoms with Crippen molar-refractivity contribution in [2.24, 2.45) is 0 Å². The molecule has 1 aromatic carbocycles. The van der Waals surface area contributed by atoms with Crippen molar-refractivity contribution < 1.29 is 4.79 Å². The highest BCUT2D eigenvalue weighted by Gasteiger charge is 2.15. The number of carbonyl (C=O) groups is 1. The Morgan fingerprint density at radius 1 is 1.17 bits per heavy atom. The Morgan fingerprint density at radius 3 is 2.62 bits per heavy atom. The minimum absolute atomic E-state index is 0.104. The number of nitrogens with zero attached hydrogens (tertiary/aromatic N) is 5. The summed E-state index contributed by atoms with van der Waals surface area (Å²) in [4.78, 5) is 23.0. The number of amides is 1. The number of carbonyl (C=O) groups excluding carboxylic acids is 1. The SMILES string of the molecule is CCN(CC)c1ncnc2c1cnn2CC(=O)Nc1ccccc1. The zero-order valence-electron chi connectivity index (χ0n) is 13.8.